The third-order valence-corrected chi connectivity index (χ3v) is 4.74. The minimum atomic E-state index is 0.00927. The molecule has 2 aromatic carbocycles. The van der Waals surface area contributed by atoms with E-state index >= 15 is 0 Å². The number of carbonyl (C=O) groups is 1. The number of amides is 1. The number of hydrogen-bond acceptors (Lipinski definition) is 3. The molecule has 1 N–H and O–H groups in total. The average molecular weight is 308 g/mol. The molecule has 3 atom stereocenters. The van der Waals surface area contributed by atoms with Gasteiger partial charge in [0.2, 0.25) is 0 Å². The van der Waals surface area contributed by atoms with Crippen LogP contribution < -0.4 is 10.1 Å². The van der Waals surface area contributed by atoms with E-state index in [-0.39, 0.29) is 5.91 Å². The number of para-hydroxylation sites is 1. The van der Waals surface area contributed by atoms with Crippen LogP contribution in [0.3, 0.4) is 0 Å². The van der Waals surface area contributed by atoms with Crippen LogP contribution in [-0.4, -0.2) is 36.5 Å². The predicted octanol–water partition coefficient (Wildman–Crippen LogP) is 2.91. The van der Waals surface area contributed by atoms with Crippen molar-refractivity contribution in [2.75, 3.05) is 19.6 Å². The maximum absolute atomic E-state index is 12.4. The van der Waals surface area contributed by atoms with Crippen LogP contribution in [0, 0.1) is 5.92 Å². The zero-order chi connectivity index (χ0) is 15.6. The lowest BCUT2D eigenvalue weighted by Gasteiger charge is -2.23. The number of fused-ring (bicyclic) bond motifs is 2. The molecule has 0 spiro atoms. The molecule has 2 aliphatic rings. The van der Waals surface area contributed by atoms with Crippen molar-refractivity contribution in [2.45, 2.75) is 12.5 Å². The van der Waals surface area contributed by atoms with Crippen LogP contribution in [0.15, 0.2) is 54.6 Å². The van der Waals surface area contributed by atoms with Crippen molar-refractivity contribution in [1.82, 2.24) is 10.2 Å². The molecule has 2 aromatic rings. The second-order valence-corrected chi connectivity index (χ2v) is 6.33. The van der Waals surface area contributed by atoms with Gasteiger partial charge in [0.25, 0.3) is 5.91 Å². The van der Waals surface area contributed by atoms with Crippen LogP contribution in [0.5, 0.6) is 11.5 Å². The Hall–Kier alpha value is -2.33. The Morgan fingerprint density at radius 1 is 1.00 bits per heavy atom. The highest BCUT2D eigenvalue weighted by Gasteiger charge is 2.38. The summed E-state index contributed by atoms with van der Waals surface area (Å²) in [4.78, 5) is 14.8. The van der Waals surface area contributed by atoms with Gasteiger partial charge in [-0.3, -0.25) is 4.79 Å². The van der Waals surface area contributed by atoms with Crippen LogP contribution in [0.4, 0.5) is 0 Å². The molecule has 0 aliphatic carbocycles. The fourth-order valence-electron chi connectivity index (χ4n) is 3.50. The number of benzene rings is 2. The highest BCUT2D eigenvalue weighted by atomic mass is 16.5. The maximum Gasteiger partial charge on any atom is 0.251 e. The van der Waals surface area contributed by atoms with Gasteiger partial charge in [0.05, 0.1) is 0 Å². The van der Waals surface area contributed by atoms with Crippen LogP contribution in [0.2, 0.25) is 0 Å². The Morgan fingerprint density at radius 2 is 1.74 bits per heavy atom. The van der Waals surface area contributed by atoms with Gasteiger partial charge >= 0.3 is 0 Å². The lowest BCUT2D eigenvalue weighted by atomic mass is 9.99. The summed E-state index contributed by atoms with van der Waals surface area (Å²) in [5, 5.41) is 3.17. The average Bonchev–Trinajstić information content (AvgIpc) is 3.19. The van der Waals surface area contributed by atoms with Gasteiger partial charge in [0.15, 0.2) is 0 Å². The number of nitrogens with zero attached hydrogens (tertiary/aromatic N) is 1. The molecule has 2 heterocycles. The molecule has 4 nitrogen and oxygen atoms in total. The smallest absolute Gasteiger partial charge is 0.251 e. The van der Waals surface area contributed by atoms with Gasteiger partial charge < -0.3 is 15.0 Å². The number of piperidine rings is 1. The van der Waals surface area contributed by atoms with Gasteiger partial charge in [-0.2, -0.15) is 0 Å². The number of hydrogen-bond donors (Lipinski definition) is 1. The van der Waals surface area contributed by atoms with Crippen LogP contribution in [0.25, 0.3) is 0 Å². The third kappa shape index (κ3) is 3.08. The molecule has 0 saturated carbocycles. The van der Waals surface area contributed by atoms with E-state index in [9.17, 15) is 4.79 Å². The molecule has 4 rings (SSSR count). The van der Waals surface area contributed by atoms with E-state index in [4.69, 9.17) is 4.74 Å². The molecule has 23 heavy (non-hydrogen) atoms. The van der Waals surface area contributed by atoms with Gasteiger partial charge in [-0.15, -0.1) is 0 Å². The monoisotopic (exact) mass is 308 g/mol. The van der Waals surface area contributed by atoms with E-state index in [1.807, 2.05) is 54.6 Å². The Balaban J connectivity index is 1.38. The Kier molecular flexibility index (Phi) is 3.75. The maximum atomic E-state index is 12.4. The van der Waals surface area contributed by atoms with Gasteiger partial charge in [-0.25, -0.2) is 0 Å². The summed E-state index contributed by atoms with van der Waals surface area (Å²) in [5.74, 6) is 2.16. The topological polar surface area (TPSA) is 41.6 Å². The van der Waals surface area contributed by atoms with Gasteiger partial charge in [-0.1, -0.05) is 18.2 Å². The van der Waals surface area contributed by atoms with Gasteiger partial charge in [-0.05, 0) is 55.3 Å². The van der Waals surface area contributed by atoms with Crippen molar-refractivity contribution in [3.8, 4) is 11.5 Å². The quantitative estimate of drug-likeness (QED) is 0.944. The molecule has 0 aromatic heterocycles. The van der Waals surface area contributed by atoms with Crippen molar-refractivity contribution in [1.29, 1.82) is 0 Å². The Morgan fingerprint density at radius 3 is 2.39 bits per heavy atom. The van der Waals surface area contributed by atoms with E-state index in [1.54, 1.807) is 0 Å². The summed E-state index contributed by atoms with van der Waals surface area (Å²) < 4.78 is 5.75. The third-order valence-electron chi connectivity index (χ3n) is 4.74. The van der Waals surface area contributed by atoms with Crippen molar-refractivity contribution < 1.29 is 9.53 Å². The SMILES string of the molecule is O=C(NC1CN2CCC1C2)c1ccc(Oc2ccccc2)cc1. The first-order chi connectivity index (χ1) is 11.3. The molecular formula is C19H20N2O2. The largest absolute Gasteiger partial charge is 0.457 e. The van der Waals surface area contributed by atoms with E-state index in [2.05, 4.69) is 10.2 Å². The number of nitrogens with one attached hydrogen (secondary N) is 1. The molecular weight excluding hydrogens is 288 g/mol. The standard InChI is InChI=1S/C19H20N2O2/c22-19(20-18-13-21-11-10-15(18)12-21)14-6-8-17(9-7-14)23-16-4-2-1-3-5-16/h1-9,15,18H,10-13H2,(H,20,22). The summed E-state index contributed by atoms with van der Waals surface area (Å²) in [6, 6.07) is 17.3. The summed E-state index contributed by atoms with van der Waals surface area (Å²) in [6.45, 7) is 3.31. The molecule has 0 radical (unpaired) electrons. The zero-order valence-corrected chi connectivity index (χ0v) is 12.9. The van der Waals surface area contributed by atoms with E-state index in [0.717, 1.165) is 24.6 Å². The fourth-order valence-corrected chi connectivity index (χ4v) is 3.50. The van der Waals surface area contributed by atoms with E-state index in [0.29, 0.717) is 17.5 Å². The molecule has 2 fully saturated rings. The minimum absolute atomic E-state index is 0.00927. The first-order valence-corrected chi connectivity index (χ1v) is 8.14. The van der Waals surface area contributed by atoms with E-state index in [1.165, 1.54) is 13.0 Å². The van der Waals surface area contributed by atoms with Crippen LogP contribution >= 0.6 is 0 Å². The first-order valence-electron chi connectivity index (χ1n) is 8.14. The fraction of sp³-hybridized carbons (Fsp3) is 0.316. The summed E-state index contributed by atoms with van der Waals surface area (Å²) >= 11 is 0. The predicted molar refractivity (Wildman–Crippen MR) is 88.8 cm³/mol. The first kappa shape index (κ1) is 14.3. The van der Waals surface area contributed by atoms with Crippen molar-refractivity contribution >= 4 is 5.91 Å². The minimum Gasteiger partial charge on any atom is -0.457 e. The number of ether oxygens (including phenoxy) is 1. The molecule has 3 unspecified atom stereocenters. The zero-order valence-electron chi connectivity index (χ0n) is 12.9. The Labute approximate surface area is 136 Å². The Bertz CT molecular complexity index is 684. The van der Waals surface area contributed by atoms with Crippen LogP contribution in [-0.2, 0) is 0 Å². The highest BCUT2D eigenvalue weighted by molar-refractivity contribution is 5.94. The van der Waals surface area contributed by atoms with Gasteiger partial charge in [0.1, 0.15) is 11.5 Å². The molecule has 2 aliphatic heterocycles. The molecule has 118 valence electrons. The summed E-state index contributed by atoms with van der Waals surface area (Å²) in [5.41, 5.74) is 0.684. The second kappa shape index (κ2) is 6.05. The summed E-state index contributed by atoms with van der Waals surface area (Å²) in [7, 11) is 0. The molecule has 1 amide bonds. The molecule has 2 saturated heterocycles. The normalized spacial score (nSPS) is 25.3. The number of carbonyl (C=O) groups excluding carboxylic acids is 1. The second-order valence-electron chi connectivity index (χ2n) is 6.33. The van der Waals surface area contributed by atoms with Crippen molar-refractivity contribution in [3.05, 3.63) is 60.2 Å². The number of rotatable bonds is 4. The van der Waals surface area contributed by atoms with Crippen molar-refractivity contribution in [3.63, 3.8) is 0 Å². The van der Waals surface area contributed by atoms with Crippen molar-refractivity contribution in [2.24, 2.45) is 5.92 Å². The van der Waals surface area contributed by atoms with E-state index < -0.39 is 0 Å². The van der Waals surface area contributed by atoms with Crippen LogP contribution in [0.1, 0.15) is 16.8 Å². The van der Waals surface area contributed by atoms with Gasteiger partial charge in [0, 0.05) is 24.7 Å². The molecule has 2 bridgehead atoms. The lowest BCUT2D eigenvalue weighted by molar-refractivity contribution is 0.0924. The molecule has 4 heteroatoms. The lowest BCUT2D eigenvalue weighted by Crippen LogP contribution is -2.43. The highest BCUT2D eigenvalue weighted by Crippen LogP contribution is 2.28. The summed E-state index contributed by atoms with van der Waals surface area (Å²) in [6.07, 6.45) is 1.20.